The van der Waals surface area contributed by atoms with Crippen LogP contribution < -0.4 is 0 Å². The van der Waals surface area contributed by atoms with Crippen LogP contribution in [0.5, 0.6) is 0 Å². The number of likely N-dealkylation sites (N-methyl/N-ethyl adjacent to an activating group) is 1. The molecule has 134 valence electrons. The molecule has 3 rings (SSSR count). The molecule has 1 aromatic heterocycles. The zero-order chi connectivity index (χ0) is 17.5. The monoisotopic (exact) mass is 364 g/mol. The largest absolute Gasteiger partial charge is 0.436 e. The van der Waals surface area contributed by atoms with Gasteiger partial charge in [0.1, 0.15) is 0 Å². The summed E-state index contributed by atoms with van der Waals surface area (Å²) in [5, 5.41) is 3.34. The average molecular weight is 365 g/mol. The third-order valence-electron chi connectivity index (χ3n) is 4.56. The summed E-state index contributed by atoms with van der Waals surface area (Å²) in [6.07, 6.45) is -2.81. The molecule has 5 nitrogen and oxygen atoms in total. The lowest BCUT2D eigenvalue weighted by molar-refractivity contribution is -0.141. The van der Waals surface area contributed by atoms with Crippen molar-refractivity contribution in [1.29, 1.82) is 0 Å². The smallest absolute Gasteiger partial charge is 0.340 e. The highest BCUT2D eigenvalue weighted by molar-refractivity contribution is 6.32. The fourth-order valence-electron chi connectivity index (χ4n) is 2.97. The van der Waals surface area contributed by atoms with Gasteiger partial charge in [0.15, 0.2) is 5.69 Å². The van der Waals surface area contributed by atoms with Crippen LogP contribution in [0.3, 0.4) is 0 Å². The van der Waals surface area contributed by atoms with Gasteiger partial charge >= 0.3 is 6.18 Å². The molecule has 0 spiro atoms. The van der Waals surface area contributed by atoms with E-state index < -0.39 is 11.9 Å². The molecule has 1 aliphatic heterocycles. The minimum atomic E-state index is -4.58. The van der Waals surface area contributed by atoms with E-state index in [9.17, 15) is 18.0 Å². The molecule has 2 aliphatic rings. The van der Waals surface area contributed by atoms with Crippen molar-refractivity contribution in [3.8, 4) is 0 Å². The van der Waals surface area contributed by atoms with Crippen molar-refractivity contribution in [1.82, 2.24) is 19.6 Å². The van der Waals surface area contributed by atoms with E-state index in [1.165, 1.54) is 4.68 Å². The highest BCUT2D eigenvalue weighted by Gasteiger charge is 2.42. The molecule has 0 aromatic carbocycles. The predicted molar refractivity (Wildman–Crippen MR) is 82.9 cm³/mol. The minimum Gasteiger partial charge on any atom is -0.340 e. The van der Waals surface area contributed by atoms with Crippen LogP contribution in [0.25, 0.3) is 0 Å². The Morgan fingerprint density at radius 1 is 1.25 bits per heavy atom. The van der Waals surface area contributed by atoms with Crippen LogP contribution in [0.1, 0.15) is 36.6 Å². The maximum absolute atomic E-state index is 13.0. The standard InChI is InChI=1S/C15H20ClF3N4O/c1-21-6-8-22(9-7-21)11(24)4-5-23-13(10-2-3-10)12(16)14(20-23)15(17,18)19/h10H,2-9H2,1H3. The summed E-state index contributed by atoms with van der Waals surface area (Å²) in [6.45, 7) is 3.06. The van der Waals surface area contributed by atoms with Crippen molar-refractivity contribution in [2.75, 3.05) is 33.2 Å². The number of carbonyl (C=O) groups excluding carboxylic acids is 1. The lowest BCUT2D eigenvalue weighted by atomic mass is 10.2. The van der Waals surface area contributed by atoms with Crippen LogP contribution in [0.15, 0.2) is 0 Å². The van der Waals surface area contributed by atoms with E-state index in [0.29, 0.717) is 18.8 Å². The zero-order valence-electron chi connectivity index (χ0n) is 13.4. The molecule has 1 aromatic rings. The Morgan fingerprint density at radius 2 is 1.88 bits per heavy atom. The number of hydrogen-bond donors (Lipinski definition) is 0. The fraction of sp³-hybridized carbons (Fsp3) is 0.733. The average Bonchev–Trinajstić information content (AvgIpc) is 3.28. The molecular formula is C15H20ClF3N4O. The molecule has 0 radical (unpaired) electrons. The number of hydrogen-bond acceptors (Lipinski definition) is 3. The van der Waals surface area contributed by atoms with Crippen molar-refractivity contribution < 1.29 is 18.0 Å². The Morgan fingerprint density at radius 3 is 2.42 bits per heavy atom. The van der Waals surface area contributed by atoms with Gasteiger partial charge in [0.25, 0.3) is 0 Å². The molecule has 2 fully saturated rings. The van der Waals surface area contributed by atoms with Crippen LogP contribution in [-0.4, -0.2) is 58.7 Å². The lowest BCUT2D eigenvalue weighted by Gasteiger charge is -2.32. The Balaban J connectivity index is 1.69. The number of aromatic nitrogens is 2. The summed E-state index contributed by atoms with van der Waals surface area (Å²) in [7, 11) is 1.99. The number of nitrogens with zero attached hydrogens (tertiary/aromatic N) is 4. The molecule has 9 heteroatoms. The van der Waals surface area contributed by atoms with Gasteiger partial charge in [-0.2, -0.15) is 18.3 Å². The van der Waals surface area contributed by atoms with Crippen molar-refractivity contribution in [3.05, 3.63) is 16.4 Å². The van der Waals surface area contributed by atoms with E-state index in [2.05, 4.69) is 10.00 Å². The number of aryl methyl sites for hydroxylation is 1. The third kappa shape index (κ3) is 3.69. The Hall–Kier alpha value is -1.28. The maximum atomic E-state index is 13.0. The zero-order valence-corrected chi connectivity index (χ0v) is 14.2. The molecule has 0 bridgehead atoms. The van der Waals surface area contributed by atoms with E-state index in [-0.39, 0.29) is 29.8 Å². The van der Waals surface area contributed by atoms with Gasteiger partial charge < -0.3 is 9.80 Å². The number of alkyl halides is 3. The van der Waals surface area contributed by atoms with E-state index in [0.717, 1.165) is 25.9 Å². The number of halogens is 4. The van der Waals surface area contributed by atoms with Gasteiger partial charge in [-0.15, -0.1) is 0 Å². The van der Waals surface area contributed by atoms with Crippen molar-refractivity contribution >= 4 is 17.5 Å². The van der Waals surface area contributed by atoms with E-state index in [1.807, 2.05) is 7.05 Å². The van der Waals surface area contributed by atoms with Gasteiger partial charge in [-0.05, 0) is 19.9 Å². The summed E-state index contributed by atoms with van der Waals surface area (Å²) < 4.78 is 40.3. The van der Waals surface area contributed by atoms with Gasteiger partial charge in [-0.3, -0.25) is 9.48 Å². The van der Waals surface area contributed by atoms with Crippen LogP contribution in [-0.2, 0) is 17.5 Å². The first-order valence-electron chi connectivity index (χ1n) is 8.07. The van der Waals surface area contributed by atoms with Gasteiger partial charge in [0.05, 0.1) is 17.3 Å². The van der Waals surface area contributed by atoms with Crippen molar-refractivity contribution in [2.24, 2.45) is 0 Å². The molecule has 1 amide bonds. The summed E-state index contributed by atoms with van der Waals surface area (Å²) in [5.74, 6) is -0.0233. The van der Waals surface area contributed by atoms with Crippen LogP contribution in [0.4, 0.5) is 13.2 Å². The highest BCUT2D eigenvalue weighted by atomic mass is 35.5. The first-order chi connectivity index (χ1) is 11.3. The highest BCUT2D eigenvalue weighted by Crippen LogP contribution is 2.46. The second-order valence-corrected chi connectivity index (χ2v) is 6.86. The lowest BCUT2D eigenvalue weighted by Crippen LogP contribution is -2.47. The third-order valence-corrected chi connectivity index (χ3v) is 4.93. The van der Waals surface area contributed by atoms with E-state index >= 15 is 0 Å². The number of carbonyl (C=O) groups is 1. The van der Waals surface area contributed by atoms with Crippen molar-refractivity contribution in [2.45, 2.75) is 37.9 Å². The molecular weight excluding hydrogens is 345 g/mol. The number of rotatable bonds is 4. The molecule has 0 atom stereocenters. The topological polar surface area (TPSA) is 41.4 Å². The Bertz CT molecular complexity index is 619. The summed E-state index contributed by atoms with van der Waals surface area (Å²) >= 11 is 5.92. The molecule has 2 heterocycles. The Labute approximate surface area is 143 Å². The molecule has 1 saturated heterocycles. The second-order valence-electron chi connectivity index (χ2n) is 6.48. The quantitative estimate of drug-likeness (QED) is 0.824. The van der Waals surface area contributed by atoms with Gasteiger partial charge in [-0.1, -0.05) is 11.6 Å². The van der Waals surface area contributed by atoms with Crippen LogP contribution >= 0.6 is 11.6 Å². The Kier molecular flexibility index (Phi) is 4.79. The molecule has 24 heavy (non-hydrogen) atoms. The molecule has 0 N–H and O–H groups in total. The second kappa shape index (κ2) is 6.55. The predicted octanol–water partition coefficient (Wildman–Crippen LogP) is 2.60. The first-order valence-corrected chi connectivity index (χ1v) is 8.45. The van der Waals surface area contributed by atoms with Gasteiger partial charge in [-0.25, -0.2) is 0 Å². The van der Waals surface area contributed by atoms with Crippen LogP contribution in [0, 0.1) is 0 Å². The van der Waals surface area contributed by atoms with E-state index in [4.69, 9.17) is 11.6 Å². The maximum Gasteiger partial charge on any atom is 0.436 e. The number of piperazine rings is 1. The first kappa shape index (κ1) is 17.5. The van der Waals surface area contributed by atoms with E-state index in [1.54, 1.807) is 4.90 Å². The minimum absolute atomic E-state index is 0.0276. The van der Waals surface area contributed by atoms with Crippen molar-refractivity contribution in [3.63, 3.8) is 0 Å². The SMILES string of the molecule is CN1CCN(C(=O)CCn2nc(C(F)(F)F)c(Cl)c2C2CC2)CC1. The molecule has 1 saturated carbocycles. The normalized spacial score (nSPS) is 19.8. The van der Waals surface area contributed by atoms with Gasteiger partial charge in [0.2, 0.25) is 5.91 Å². The summed E-state index contributed by atoms with van der Waals surface area (Å²) in [6, 6.07) is 0. The van der Waals surface area contributed by atoms with Crippen LogP contribution in [0.2, 0.25) is 5.02 Å². The number of amides is 1. The molecule has 1 aliphatic carbocycles. The van der Waals surface area contributed by atoms with Gasteiger partial charge in [0, 0.05) is 38.5 Å². The summed E-state index contributed by atoms with van der Waals surface area (Å²) in [5.41, 5.74) is -0.617. The fourth-order valence-corrected chi connectivity index (χ4v) is 3.36. The summed E-state index contributed by atoms with van der Waals surface area (Å²) in [4.78, 5) is 16.2. The molecule has 0 unspecified atom stereocenters.